The van der Waals surface area contributed by atoms with Gasteiger partial charge in [0.05, 0.1) is 12.0 Å². The second kappa shape index (κ2) is 7.55. The van der Waals surface area contributed by atoms with Gasteiger partial charge >= 0.3 is 0 Å². The standard InChI is InChI=1S/C24H39N3O2/c1-17-4-3-5-18(2)27(17)22(28)16-25-6-8-26(9-7-25)23(29)24-13-19-10-20(14-24)12-21(11-19)15-24/h17-21H,3-16H2,1-2H3. The van der Waals surface area contributed by atoms with Gasteiger partial charge in [0.15, 0.2) is 0 Å². The highest BCUT2D eigenvalue weighted by molar-refractivity contribution is 5.83. The van der Waals surface area contributed by atoms with Crippen LogP contribution in [0, 0.1) is 23.2 Å². The van der Waals surface area contributed by atoms with Gasteiger partial charge in [-0.2, -0.15) is 0 Å². The van der Waals surface area contributed by atoms with Gasteiger partial charge < -0.3 is 9.80 Å². The fourth-order valence-electron chi connectivity index (χ4n) is 8.00. The highest BCUT2D eigenvalue weighted by Crippen LogP contribution is 2.60. The normalized spacial score (nSPS) is 42.3. The number of carbonyl (C=O) groups is 2. The quantitative estimate of drug-likeness (QED) is 0.730. The summed E-state index contributed by atoms with van der Waals surface area (Å²) in [5.41, 5.74) is -0.0224. The van der Waals surface area contributed by atoms with Crippen LogP contribution in [0.4, 0.5) is 0 Å². The molecule has 2 amide bonds. The molecule has 2 heterocycles. The molecule has 4 aliphatic carbocycles. The summed E-state index contributed by atoms with van der Waals surface area (Å²) in [6.07, 6.45) is 11.1. The number of hydrogen-bond donors (Lipinski definition) is 0. The molecule has 4 bridgehead atoms. The molecule has 162 valence electrons. The summed E-state index contributed by atoms with van der Waals surface area (Å²) in [7, 11) is 0. The molecular weight excluding hydrogens is 362 g/mol. The number of piperazine rings is 1. The van der Waals surface area contributed by atoms with Gasteiger partial charge in [0.2, 0.25) is 11.8 Å². The summed E-state index contributed by atoms with van der Waals surface area (Å²) in [4.78, 5) is 33.0. The van der Waals surface area contributed by atoms with Crippen LogP contribution in [0.1, 0.15) is 71.6 Å². The van der Waals surface area contributed by atoms with E-state index in [0.717, 1.165) is 76.0 Å². The molecule has 5 heteroatoms. The Hall–Kier alpha value is -1.10. The molecule has 6 aliphatic rings. The maximum Gasteiger partial charge on any atom is 0.237 e. The second-order valence-corrected chi connectivity index (χ2v) is 11.2. The molecule has 5 nitrogen and oxygen atoms in total. The van der Waals surface area contributed by atoms with E-state index in [1.54, 1.807) is 0 Å². The maximum atomic E-state index is 13.5. The molecule has 2 aliphatic heterocycles. The van der Waals surface area contributed by atoms with Crippen LogP contribution in [-0.2, 0) is 9.59 Å². The maximum absolute atomic E-state index is 13.5. The summed E-state index contributed by atoms with van der Waals surface area (Å²) in [5.74, 6) is 3.19. The minimum absolute atomic E-state index is 0.0224. The van der Waals surface area contributed by atoms with Crippen LogP contribution in [-0.4, -0.2) is 71.3 Å². The Bertz CT molecular complexity index is 609. The fourth-order valence-corrected chi connectivity index (χ4v) is 8.00. The number of nitrogens with zero attached hydrogens (tertiary/aromatic N) is 3. The fraction of sp³-hybridized carbons (Fsp3) is 0.917. The first-order valence-corrected chi connectivity index (χ1v) is 12.3. The van der Waals surface area contributed by atoms with Crippen molar-refractivity contribution in [1.29, 1.82) is 0 Å². The summed E-state index contributed by atoms with van der Waals surface area (Å²) in [6, 6.07) is 0.732. The number of hydrogen-bond acceptors (Lipinski definition) is 3. The van der Waals surface area contributed by atoms with Crippen molar-refractivity contribution in [2.24, 2.45) is 23.2 Å². The number of piperidine rings is 1. The average Bonchev–Trinajstić information content (AvgIpc) is 2.67. The third-order valence-corrected chi connectivity index (χ3v) is 8.99. The van der Waals surface area contributed by atoms with Crippen LogP contribution in [0.5, 0.6) is 0 Å². The van der Waals surface area contributed by atoms with Crippen molar-refractivity contribution in [1.82, 2.24) is 14.7 Å². The van der Waals surface area contributed by atoms with Crippen molar-refractivity contribution in [3.8, 4) is 0 Å². The zero-order valence-corrected chi connectivity index (χ0v) is 18.4. The molecule has 6 fully saturated rings. The Labute approximate surface area is 176 Å². The first-order chi connectivity index (χ1) is 13.9. The SMILES string of the molecule is CC1CCCC(C)N1C(=O)CN1CCN(C(=O)C23CC4CC(CC(C4)C2)C3)CC1. The summed E-state index contributed by atoms with van der Waals surface area (Å²) < 4.78 is 0. The molecule has 0 radical (unpaired) electrons. The monoisotopic (exact) mass is 401 g/mol. The highest BCUT2D eigenvalue weighted by Gasteiger charge is 2.55. The van der Waals surface area contributed by atoms with Gasteiger partial charge in [-0.15, -0.1) is 0 Å². The van der Waals surface area contributed by atoms with Crippen molar-refractivity contribution in [3.05, 3.63) is 0 Å². The van der Waals surface area contributed by atoms with Crippen LogP contribution < -0.4 is 0 Å². The van der Waals surface area contributed by atoms with Gasteiger partial charge in [0.25, 0.3) is 0 Å². The lowest BCUT2D eigenvalue weighted by molar-refractivity contribution is -0.159. The second-order valence-electron chi connectivity index (χ2n) is 11.2. The van der Waals surface area contributed by atoms with Gasteiger partial charge in [-0.1, -0.05) is 0 Å². The smallest absolute Gasteiger partial charge is 0.237 e. The van der Waals surface area contributed by atoms with E-state index in [4.69, 9.17) is 0 Å². The molecule has 0 aromatic rings. The number of carbonyl (C=O) groups excluding carboxylic acids is 2. The van der Waals surface area contributed by atoms with Crippen LogP contribution in [0.15, 0.2) is 0 Å². The third kappa shape index (κ3) is 3.62. The van der Waals surface area contributed by atoms with E-state index in [2.05, 4.69) is 28.5 Å². The minimum atomic E-state index is -0.0224. The Balaban J connectivity index is 1.16. The molecule has 2 saturated heterocycles. The first kappa shape index (κ1) is 19.8. The minimum Gasteiger partial charge on any atom is -0.340 e. The molecule has 6 rings (SSSR count). The lowest BCUT2D eigenvalue weighted by atomic mass is 9.49. The van der Waals surface area contributed by atoms with Gasteiger partial charge in [0, 0.05) is 38.3 Å². The van der Waals surface area contributed by atoms with E-state index < -0.39 is 0 Å². The Morgan fingerprint density at radius 3 is 1.86 bits per heavy atom. The van der Waals surface area contributed by atoms with E-state index in [9.17, 15) is 9.59 Å². The van der Waals surface area contributed by atoms with Gasteiger partial charge in [0.1, 0.15) is 0 Å². The summed E-state index contributed by atoms with van der Waals surface area (Å²) in [6.45, 7) is 8.21. The summed E-state index contributed by atoms with van der Waals surface area (Å²) >= 11 is 0. The van der Waals surface area contributed by atoms with Crippen molar-refractivity contribution in [2.75, 3.05) is 32.7 Å². The molecule has 29 heavy (non-hydrogen) atoms. The molecule has 0 N–H and O–H groups in total. The van der Waals surface area contributed by atoms with E-state index in [0.29, 0.717) is 24.5 Å². The third-order valence-electron chi connectivity index (χ3n) is 8.99. The van der Waals surface area contributed by atoms with Gasteiger partial charge in [-0.05, 0) is 89.4 Å². The van der Waals surface area contributed by atoms with E-state index in [1.807, 2.05) is 0 Å². The van der Waals surface area contributed by atoms with Crippen LogP contribution in [0.25, 0.3) is 0 Å². The lowest BCUT2D eigenvalue weighted by Gasteiger charge is -2.57. The molecule has 0 aromatic heterocycles. The topological polar surface area (TPSA) is 43.9 Å². The predicted octanol–water partition coefficient (Wildman–Crippen LogP) is 3.14. The number of likely N-dealkylation sites (tertiary alicyclic amines) is 1. The number of amides is 2. The van der Waals surface area contributed by atoms with Crippen LogP contribution >= 0.6 is 0 Å². The molecule has 2 atom stereocenters. The molecule has 4 saturated carbocycles. The van der Waals surface area contributed by atoms with E-state index >= 15 is 0 Å². The van der Waals surface area contributed by atoms with Crippen molar-refractivity contribution in [3.63, 3.8) is 0 Å². The Morgan fingerprint density at radius 2 is 1.34 bits per heavy atom. The molecule has 0 aromatic carbocycles. The Kier molecular flexibility index (Phi) is 5.16. The van der Waals surface area contributed by atoms with Crippen molar-refractivity contribution >= 4 is 11.8 Å². The molecule has 0 spiro atoms. The van der Waals surface area contributed by atoms with Crippen molar-refractivity contribution in [2.45, 2.75) is 83.7 Å². The van der Waals surface area contributed by atoms with E-state index in [1.165, 1.54) is 25.7 Å². The predicted molar refractivity (Wildman–Crippen MR) is 113 cm³/mol. The van der Waals surface area contributed by atoms with E-state index in [-0.39, 0.29) is 11.3 Å². The molecule has 2 unspecified atom stereocenters. The van der Waals surface area contributed by atoms with Crippen molar-refractivity contribution < 1.29 is 9.59 Å². The zero-order valence-electron chi connectivity index (χ0n) is 18.4. The lowest BCUT2D eigenvalue weighted by Crippen LogP contribution is -2.59. The first-order valence-electron chi connectivity index (χ1n) is 12.3. The zero-order chi connectivity index (χ0) is 20.2. The summed E-state index contributed by atoms with van der Waals surface area (Å²) in [5, 5.41) is 0. The van der Waals surface area contributed by atoms with Gasteiger partial charge in [-0.25, -0.2) is 0 Å². The molecular formula is C24H39N3O2. The average molecular weight is 402 g/mol. The van der Waals surface area contributed by atoms with Crippen LogP contribution in [0.3, 0.4) is 0 Å². The number of rotatable bonds is 3. The van der Waals surface area contributed by atoms with Gasteiger partial charge in [-0.3, -0.25) is 14.5 Å². The largest absolute Gasteiger partial charge is 0.340 e. The Morgan fingerprint density at radius 1 is 0.828 bits per heavy atom. The van der Waals surface area contributed by atoms with Crippen LogP contribution in [0.2, 0.25) is 0 Å². The highest BCUT2D eigenvalue weighted by atomic mass is 16.2.